The molecule has 7 heteroatoms. The van der Waals surface area contributed by atoms with Gasteiger partial charge in [0.15, 0.2) is 5.96 Å². The van der Waals surface area contributed by atoms with Crippen molar-refractivity contribution in [3.05, 3.63) is 59.3 Å². The molecule has 2 aromatic rings. The van der Waals surface area contributed by atoms with Gasteiger partial charge < -0.3 is 16.0 Å². The summed E-state index contributed by atoms with van der Waals surface area (Å²) in [6.45, 7) is 5.20. The predicted octanol–water partition coefficient (Wildman–Crippen LogP) is 3.01. The summed E-state index contributed by atoms with van der Waals surface area (Å²) in [6.07, 6.45) is 2.06. The van der Waals surface area contributed by atoms with Gasteiger partial charge in [-0.25, -0.2) is 4.98 Å². The highest BCUT2D eigenvalue weighted by Gasteiger charge is 2.04. The zero-order valence-electron chi connectivity index (χ0n) is 15.4. The Morgan fingerprint density at radius 1 is 1.12 bits per heavy atom. The van der Waals surface area contributed by atoms with Crippen LogP contribution in [0.15, 0.2) is 47.6 Å². The molecule has 1 amide bonds. The molecule has 0 aliphatic heterocycles. The molecule has 0 aliphatic carbocycles. The summed E-state index contributed by atoms with van der Waals surface area (Å²) in [4.78, 5) is 20.3. The molecule has 0 spiro atoms. The number of rotatable bonds is 6. The molecular formula is C19H26IN5O. The van der Waals surface area contributed by atoms with E-state index in [1.807, 2.05) is 19.1 Å². The van der Waals surface area contributed by atoms with Gasteiger partial charge in [0.1, 0.15) is 5.82 Å². The molecule has 0 fully saturated rings. The summed E-state index contributed by atoms with van der Waals surface area (Å²) in [5, 5.41) is 9.15. The lowest BCUT2D eigenvalue weighted by Gasteiger charge is -2.12. The molecule has 2 rings (SSSR count). The number of anilines is 1. The van der Waals surface area contributed by atoms with Crippen LogP contribution in [0.25, 0.3) is 0 Å². The van der Waals surface area contributed by atoms with Crippen LogP contribution in [-0.2, 0) is 11.3 Å². The van der Waals surface area contributed by atoms with Gasteiger partial charge in [-0.3, -0.25) is 9.79 Å². The third-order valence-corrected chi connectivity index (χ3v) is 3.59. The van der Waals surface area contributed by atoms with Gasteiger partial charge in [0, 0.05) is 32.8 Å². The first-order chi connectivity index (χ1) is 12.1. The van der Waals surface area contributed by atoms with Crippen molar-refractivity contribution in [1.82, 2.24) is 15.6 Å². The molecule has 0 saturated carbocycles. The standard InChI is InChI=1S/C19H25N5O.HI/c1-14-5-4-6-16(11-14)13-23-19(20-3)21-10-9-18(25)24-17-8-7-15(2)12-22-17;/h4-8,11-12H,9-10,13H2,1-3H3,(H2,20,21,23)(H,22,24,25);1H. The van der Waals surface area contributed by atoms with Crippen LogP contribution >= 0.6 is 24.0 Å². The molecule has 0 bridgehead atoms. The smallest absolute Gasteiger partial charge is 0.227 e. The third kappa shape index (κ3) is 7.81. The maximum atomic E-state index is 11.9. The molecule has 0 saturated heterocycles. The largest absolute Gasteiger partial charge is 0.356 e. The molecular weight excluding hydrogens is 441 g/mol. The van der Waals surface area contributed by atoms with Gasteiger partial charge in [-0.15, -0.1) is 24.0 Å². The lowest BCUT2D eigenvalue weighted by molar-refractivity contribution is -0.116. The summed E-state index contributed by atoms with van der Waals surface area (Å²) in [5.74, 6) is 1.15. The van der Waals surface area contributed by atoms with Crippen molar-refractivity contribution in [3.63, 3.8) is 0 Å². The predicted molar refractivity (Wildman–Crippen MR) is 117 cm³/mol. The minimum Gasteiger partial charge on any atom is -0.356 e. The summed E-state index contributed by atoms with van der Waals surface area (Å²) in [5.41, 5.74) is 3.47. The van der Waals surface area contributed by atoms with E-state index < -0.39 is 0 Å². The Bertz CT molecular complexity index is 731. The van der Waals surface area contributed by atoms with Crippen LogP contribution in [0.3, 0.4) is 0 Å². The van der Waals surface area contributed by atoms with E-state index in [2.05, 4.69) is 51.0 Å². The Morgan fingerprint density at radius 3 is 2.58 bits per heavy atom. The molecule has 6 nitrogen and oxygen atoms in total. The van der Waals surface area contributed by atoms with Crippen LogP contribution in [0.2, 0.25) is 0 Å². The molecule has 26 heavy (non-hydrogen) atoms. The number of aryl methyl sites for hydroxylation is 2. The Hall–Kier alpha value is -2.16. The second-order valence-electron chi connectivity index (χ2n) is 5.86. The number of aliphatic imine (C=N–C) groups is 1. The summed E-state index contributed by atoms with van der Waals surface area (Å²) < 4.78 is 0. The van der Waals surface area contributed by atoms with Gasteiger partial charge >= 0.3 is 0 Å². The molecule has 140 valence electrons. The van der Waals surface area contributed by atoms with E-state index in [4.69, 9.17) is 0 Å². The molecule has 0 atom stereocenters. The lowest BCUT2D eigenvalue weighted by atomic mass is 10.1. The summed E-state index contributed by atoms with van der Waals surface area (Å²) in [7, 11) is 1.71. The van der Waals surface area contributed by atoms with Gasteiger partial charge in [0.2, 0.25) is 5.91 Å². The van der Waals surface area contributed by atoms with E-state index in [0.29, 0.717) is 31.3 Å². The molecule has 0 unspecified atom stereocenters. The molecule has 1 heterocycles. The first kappa shape index (κ1) is 21.9. The van der Waals surface area contributed by atoms with Crippen LogP contribution in [0.4, 0.5) is 5.82 Å². The van der Waals surface area contributed by atoms with E-state index in [-0.39, 0.29) is 29.9 Å². The number of guanidine groups is 1. The van der Waals surface area contributed by atoms with Crippen molar-refractivity contribution >= 4 is 41.7 Å². The quantitative estimate of drug-likeness (QED) is 0.347. The van der Waals surface area contributed by atoms with Crippen molar-refractivity contribution in [1.29, 1.82) is 0 Å². The van der Waals surface area contributed by atoms with Gasteiger partial charge in [0.05, 0.1) is 0 Å². The highest BCUT2D eigenvalue weighted by Crippen LogP contribution is 2.04. The SMILES string of the molecule is CN=C(NCCC(=O)Nc1ccc(C)cn1)NCc1cccc(C)c1.I. The number of halogens is 1. The van der Waals surface area contributed by atoms with Crippen molar-refractivity contribution < 1.29 is 4.79 Å². The van der Waals surface area contributed by atoms with Crippen LogP contribution in [0.5, 0.6) is 0 Å². The average molecular weight is 467 g/mol. The minimum atomic E-state index is -0.0852. The van der Waals surface area contributed by atoms with Crippen LogP contribution in [0.1, 0.15) is 23.1 Å². The number of nitrogens with zero attached hydrogens (tertiary/aromatic N) is 2. The second-order valence-corrected chi connectivity index (χ2v) is 5.86. The van der Waals surface area contributed by atoms with Crippen LogP contribution < -0.4 is 16.0 Å². The molecule has 0 aliphatic rings. The monoisotopic (exact) mass is 467 g/mol. The Morgan fingerprint density at radius 2 is 1.92 bits per heavy atom. The first-order valence-electron chi connectivity index (χ1n) is 8.29. The van der Waals surface area contributed by atoms with Gasteiger partial charge in [0.25, 0.3) is 0 Å². The zero-order chi connectivity index (χ0) is 18.1. The number of carbonyl (C=O) groups is 1. The van der Waals surface area contributed by atoms with E-state index in [0.717, 1.165) is 5.56 Å². The fourth-order valence-corrected chi connectivity index (χ4v) is 2.27. The highest BCUT2D eigenvalue weighted by molar-refractivity contribution is 14.0. The summed E-state index contributed by atoms with van der Waals surface area (Å²) in [6, 6.07) is 12.0. The van der Waals surface area contributed by atoms with Gasteiger partial charge in [-0.2, -0.15) is 0 Å². The summed E-state index contributed by atoms with van der Waals surface area (Å²) >= 11 is 0. The Kier molecular flexibility index (Phi) is 9.64. The van der Waals surface area contributed by atoms with Crippen LogP contribution in [-0.4, -0.2) is 30.4 Å². The normalized spacial score (nSPS) is 10.7. The average Bonchev–Trinajstić information content (AvgIpc) is 2.60. The second kappa shape index (κ2) is 11.5. The Labute approximate surface area is 171 Å². The number of pyridine rings is 1. The zero-order valence-corrected chi connectivity index (χ0v) is 17.7. The van der Waals surface area contributed by atoms with E-state index in [1.54, 1.807) is 19.3 Å². The highest BCUT2D eigenvalue weighted by atomic mass is 127. The number of hydrogen-bond acceptors (Lipinski definition) is 3. The van der Waals surface area contributed by atoms with Gasteiger partial charge in [-0.1, -0.05) is 35.9 Å². The maximum absolute atomic E-state index is 11.9. The molecule has 0 radical (unpaired) electrons. The molecule has 1 aromatic carbocycles. The fourth-order valence-electron chi connectivity index (χ4n) is 2.27. The fraction of sp³-hybridized carbons (Fsp3) is 0.316. The minimum absolute atomic E-state index is 0. The van der Waals surface area contributed by atoms with Crippen LogP contribution in [0, 0.1) is 13.8 Å². The lowest BCUT2D eigenvalue weighted by Crippen LogP contribution is -2.38. The van der Waals surface area contributed by atoms with Crippen molar-refractivity contribution in [3.8, 4) is 0 Å². The van der Waals surface area contributed by atoms with Crippen molar-refractivity contribution in [2.45, 2.75) is 26.8 Å². The molecule has 1 aromatic heterocycles. The third-order valence-electron chi connectivity index (χ3n) is 3.59. The van der Waals surface area contributed by atoms with Gasteiger partial charge in [-0.05, 0) is 31.0 Å². The maximum Gasteiger partial charge on any atom is 0.227 e. The topological polar surface area (TPSA) is 78.4 Å². The number of benzene rings is 1. The van der Waals surface area contributed by atoms with E-state index >= 15 is 0 Å². The number of nitrogens with one attached hydrogen (secondary N) is 3. The molecule has 3 N–H and O–H groups in total. The Balaban J connectivity index is 0.00000338. The number of amides is 1. The number of aromatic nitrogens is 1. The van der Waals surface area contributed by atoms with Crippen molar-refractivity contribution in [2.24, 2.45) is 4.99 Å². The van der Waals surface area contributed by atoms with E-state index in [9.17, 15) is 4.79 Å². The number of carbonyl (C=O) groups excluding carboxylic acids is 1. The van der Waals surface area contributed by atoms with E-state index in [1.165, 1.54) is 11.1 Å². The van der Waals surface area contributed by atoms with Crippen molar-refractivity contribution in [2.75, 3.05) is 18.9 Å². The first-order valence-corrected chi connectivity index (χ1v) is 8.29. The number of hydrogen-bond donors (Lipinski definition) is 3.